The van der Waals surface area contributed by atoms with Gasteiger partial charge in [-0.3, -0.25) is 4.99 Å². The van der Waals surface area contributed by atoms with E-state index in [2.05, 4.69) is 4.90 Å². The van der Waals surface area contributed by atoms with E-state index in [1.165, 1.54) is 0 Å². The van der Waals surface area contributed by atoms with Gasteiger partial charge in [0.05, 0.1) is 5.71 Å². The second-order valence-corrected chi connectivity index (χ2v) is 7.29. The standard InChI is InChI=1S/C22H24N2O2/c25-22(26)21(19-15-24-13-11-16(19)12-14-24)23-20(17-7-3-1-4-8-17)18-9-5-2-6-10-18/h1-10,16,19,21H,11-15H2,(H,25,26)/t19-,21?/m0/s1. The molecule has 26 heavy (non-hydrogen) atoms. The number of rotatable bonds is 5. The van der Waals surface area contributed by atoms with Gasteiger partial charge in [-0.1, -0.05) is 60.7 Å². The summed E-state index contributed by atoms with van der Waals surface area (Å²) in [7, 11) is 0. The van der Waals surface area contributed by atoms with Crippen LogP contribution in [0.5, 0.6) is 0 Å². The summed E-state index contributed by atoms with van der Waals surface area (Å²) in [5.41, 5.74) is 2.70. The van der Waals surface area contributed by atoms with Crippen LogP contribution in [-0.4, -0.2) is 47.4 Å². The summed E-state index contributed by atoms with van der Waals surface area (Å²) < 4.78 is 0. The van der Waals surface area contributed by atoms with Crippen LogP contribution in [0, 0.1) is 11.8 Å². The van der Waals surface area contributed by atoms with E-state index in [-0.39, 0.29) is 5.92 Å². The van der Waals surface area contributed by atoms with Crippen molar-refractivity contribution in [1.29, 1.82) is 0 Å². The fraction of sp³-hybridized carbons (Fsp3) is 0.364. The van der Waals surface area contributed by atoms with Gasteiger partial charge in [-0.25, -0.2) is 4.79 Å². The molecule has 2 aromatic rings. The Balaban J connectivity index is 1.75. The molecule has 2 bridgehead atoms. The topological polar surface area (TPSA) is 52.9 Å². The number of benzene rings is 2. The van der Waals surface area contributed by atoms with Crippen molar-refractivity contribution in [2.45, 2.75) is 18.9 Å². The highest BCUT2D eigenvalue weighted by atomic mass is 16.4. The number of aliphatic imine (C=N–C) groups is 1. The molecule has 0 spiro atoms. The highest BCUT2D eigenvalue weighted by Gasteiger charge is 2.41. The van der Waals surface area contributed by atoms with Crippen molar-refractivity contribution in [2.75, 3.05) is 19.6 Å². The number of fused-ring (bicyclic) bond motifs is 3. The summed E-state index contributed by atoms with van der Waals surface area (Å²) in [6.07, 6.45) is 2.19. The molecule has 1 unspecified atom stereocenters. The first kappa shape index (κ1) is 17.0. The largest absolute Gasteiger partial charge is 0.480 e. The maximum atomic E-state index is 12.1. The van der Waals surface area contributed by atoms with Crippen LogP contribution in [0.25, 0.3) is 0 Å². The van der Waals surface area contributed by atoms with Crippen LogP contribution >= 0.6 is 0 Å². The molecule has 3 fully saturated rings. The fourth-order valence-corrected chi connectivity index (χ4v) is 4.35. The van der Waals surface area contributed by atoms with Crippen molar-refractivity contribution < 1.29 is 9.90 Å². The zero-order chi connectivity index (χ0) is 17.9. The van der Waals surface area contributed by atoms with E-state index in [1.54, 1.807) is 0 Å². The molecule has 0 aromatic heterocycles. The van der Waals surface area contributed by atoms with Crippen molar-refractivity contribution in [1.82, 2.24) is 4.90 Å². The molecule has 5 rings (SSSR count). The Kier molecular flexibility index (Phi) is 4.85. The molecule has 4 heteroatoms. The number of carbonyl (C=O) groups is 1. The third-order valence-electron chi connectivity index (χ3n) is 5.73. The summed E-state index contributed by atoms with van der Waals surface area (Å²) >= 11 is 0. The predicted octanol–water partition coefficient (Wildman–Crippen LogP) is 3.32. The van der Waals surface area contributed by atoms with Crippen LogP contribution in [0.4, 0.5) is 0 Å². The maximum Gasteiger partial charge on any atom is 0.328 e. The molecule has 134 valence electrons. The van der Waals surface area contributed by atoms with Gasteiger partial charge in [-0.05, 0) is 31.8 Å². The molecule has 2 atom stereocenters. The molecule has 1 N–H and O–H groups in total. The molecule has 2 aromatic carbocycles. The van der Waals surface area contributed by atoms with Gasteiger partial charge in [0.25, 0.3) is 0 Å². The molecule has 0 aliphatic carbocycles. The van der Waals surface area contributed by atoms with Gasteiger partial charge in [0.2, 0.25) is 0 Å². The lowest BCUT2D eigenvalue weighted by Crippen LogP contribution is -2.52. The van der Waals surface area contributed by atoms with E-state index < -0.39 is 12.0 Å². The number of aliphatic carboxylic acids is 1. The number of nitrogens with zero attached hydrogens (tertiary/aromatic N) is 2. The Morgan fingerprint density at radius 2 is 1.50 bits per heavy atom. The highest BCUT2D eigenvalue weighted by molar-refractivity contribution is 6.13. The van der Waals surface area contributed by atoms with Gasteiger partial charge >= 0.3 is 5.97 Å². The molecule has 0 amide bonds. The number of hydrogen-bond donors (Lipinski definition) is 1. The average Bonchev–Trinajstić information content (AvgIpc) is 2.70. The smallest absolute Gasteiger partial charge is 0.328 e. The molecule has 4 nitrogen and oxygen atoms in total. The van der Waals surface area contributed by atoms with E-state index in [4.69, 9.17) is 4.99 Å². The summed E-state index contributed by atoms with van der Waals surface area (Å²) in [6.45, 7) is 3.05. The zero-order valence-corrected chi connectivity index (χ0v) is 14.8. The Morgan fingerprint density at radius 1 is 0.962 bits per heavy atom. The molecule has 3 aliphatic heterocycles. The first-order valence-corrected chi connectivity index (χ1v) is 9.36. The van der Waals surface area contributed by atoms with Crippen LogP contribution in [0.3, 0.4) is 0 Å². The van der Waals surface area contributed by atoms with Crippen molar-refractivity contribution >= 4 is 11.7 Å². The van der Waals surface area contributed by atoms with E-state index in [0.717, 1.165) is 49.3 Å². The lowest BCUT2D eigenvalue weighted by atomic mass is 9.75. The van der Waals surface area contributed by atoms with Crippen LogP contribution in [-0.2, 0) is 4.79 Å². The van der Waals surface area contributed by atoms with Gasteiger partial charge in [-0.15, -0.1) is 0 Å². The monoisotopic (exact) mass is 348 g/mol. The van der Waals surface area contributed by atoms with E-state index in [0.29, 0.717) is 5.92 Å². The number of carboxylic acid groups (broad SMARTS) is 1. The maximum absolute atomic E-state index is 12.1. The van der Waals surface area contributed by atoms with Gasteiger partial charge in [0, 0.05) is 23.6 Å². The number of piperidine rings is 3. The van der Waals surface area contributed by atoms with Crippen molar-refractivity contribution in [2.24, 2.45) is 16.8 Å². The van der Waals surface area contributed by atoms with Crippen LogP contribution in [0.2, 0.25) is 0 Å². The molecule has 3 saturated heterocycles. The fourth-order valence-electron chi connectivity index (χ4n) is 4.35. The van der Waals surface area contributed by atoms with Gasteiger partial charge < -0.3 is 10.0 Å². The quantitative estimate of drug-likeness (QED) is 0.844. The van der Waals surface area contributed by atoms with Crippen LogP contribution in [0.1, 0.15) is 24.0 Å². The number of hydrogen-bond acceptors (Lipinski definition) is 3. The van der Waals surface area contributed by atoms with E-state index >= 15 is 0 Å². The second kappa shape index (κ2) is 7.42. The highest BCUT2D eigenvalue weighted by Crippen LogP contribution is 2.35. The summed E-state index contributed by atoms with van der Waals surface area (Å²) in [6, 6.07) is 19.1. The first-order valence-electron chi connectivity index (χ1n) is 9.36. The summed E-state index contributed by atoms with van der Waals surface area (Å²) in [5, 5.41) is 9.97. The summed E-state index contributed by atoms with van der Waals surface area (Å²) in [4.78, 5) is 19.4. The molecule has 3 aliphatic rings. The average molecular weight is 348 g/mol. The zero-order valence-electron chi connectivity index (χ0n) is 14.8. The Hall–Kier alpha value is -2.46. The Bertz CT molecular complexity index is 739. The van der Waals surface area contributed by atoms with Crippen LogP contribution < -0.4 is 0 Å². The molecule has 0 radical (unpaired) electrons. The molecular weight excluding hydrogens is 324 g/mol. The minimum atomic E-state index is -0.812. The summed E-state index contributed by atoms with van der Waals surface area (Å²) in [5.74, 6) is -0.247. The van der Waals surface area contributed by atoms with Gasteiger partial charge in [0.1, 0.15) is 0 Å². The van der Waals surface area contributed by atoms with Gasteiger partial charge in [-0.2, -0.15) is 0 Å². The van der Waals surface area contributed by atoms with E-state index in [1.807, 2.05) is 60.7 Å². The van der Waals surface area contributed by atoms with Gasteiger partial charge in [0.15, 0.2) is 6.04 Å². The number of carboxylic acids is 1. The van der Waals surface area contributed by atoms with Crippen molar-refractivity contribution in [3.05, 3.63) is 71.8 Å². The predicted molar refractivity (Wildman–Crippen MR) is 103 cm³/mol. The SMILES string of the molecule is O=C(O)C(N=C(c1ccccc1)c1ccccc1)[C@H]1CN2CCC1CC2. The third kappa shape index (κ3) is 3.42. The van der Waals surface area contributed by atoms with Crippen molar-refractivity contribution in [3.8, 4) is 0 Å². The van der Waals surface area contributed by atoms with E-state index in [9.17, 15) is 9.90 Å². The first-order chi connectivity index (χ1) is 12.7. The minimum Gasteiger partial charge on any atom is -0.480 e. The van der Waals surface area contributed by atoms with Crippen LogP contribution in [0.15, 0.2) is 65.7 Å². The normalized spacial score (nSPS) is 25.5. The van der Waals surface area contributed by atoms with Crippen molar-refractivity contribution in [3.63, 3.8) is 0 Å². The Labute approximate surface area is 154 Å². The minimum absolute atomic E-state index is 0.0948. The third-order valence-corrected chi connectivity index (χ3v) is 5.73. The lowest BCUT2D eigenvalue weighted by Gasteiger charge is -2.46. The molecule has 0 saturated carbocycles. The molecule has 3 heterocycles. The Morgan fingerprint density at radius 3 is 1.92 bits per heavy atom. The second-order valence-electron chi connectivity index (χ2n) is 7.29. The molecular formula is C22H24N2O2. The lowest BCUT2D eigenvalue weighted by molar-refractivity contribution is -0.141.